The Morgan fingerprint density at radius 3 is 1.49 bits per heavy atom. The predicted octanol–water partition coefficient (Wildman–Crippen LogP) is 3.48. The standard InChI is InChI=1S/C18H20N2O4.C18H20N2O3/c1-4-14-15(16(21)12-6-10(2)5-11(3)7-12)20(8-13-9-24-13)18(23)19-17(14)22;1-5-7-20-15(14(6-2)17(22)19-18(20)23)16(21)13-9-11(3)8-12(4)10-13/h5-7,13H,4,8-9H2,1-3H3,(H,19,22,23);5,8-10H,1,6-7H2,2-4H3,(H,19,22,23). The number of carbonyl (C=O) groups excluding carboxylic acids is 2. The smallest absolute Gasteiger partial charge is 0.329 e. The number of hydrogen-bond acceptors (Lipinski definition) is 7. The third kappa shape index (κ3) is 7.81. The van der Waals surface area contributed by atoms with E-state index in [0.29, 0.717) is 41.7 Å². The van der Waals surface area contributed by atoms with Crippen LogP contribution in [0.2, 0.25) is 0 Å². The number of ether oxygens (including phenoxy) is 1. The lowest BCUT2D eigenvalue weighted by molar-refractivity contribution is 0.101. The molecule has 1 atom stereocenters. The minimum Gasteiger partial charge on any atom is -0.371 e. The van der Waals surface area contributed by atoms with Crippen LogP contribution < -0.4 is 22.5 Å². The zero-order valence-electron chi connectivity index (χ0n) is 27.6. The van der Waals surface area contributed by atoms with Crippen LogP contribution in [-0.2, 0) is 30.7 Å². The molecule has 2 aromatic heterocycles. The van der Waals surface area contributed by atoms with Gasteiger partial charge in [-0.15, -0.1) is 6.58 Å². The van der Waals surface area contributed by atoms with E-state index in [1.165, 1.54) is 15.2 Å². The first-order chi connectivity index (χ1) is 22.3. The monoisotopic (exact) mass is 640 g/mol. The first-order valence-corrected chi connectivity index (χ1v) is 15.5. The Labute approximate surface area is 271 Å². The lowest BCUT2D eigenvalue weighted by Crippen LogP contribution is -2.38. The van der Waals surface area contributed by atoms with Gasteiger partial charge in [-0.25, -0.2) is 9.59 Å². The van der Waals surface area contributed by atoms with E-state index in [4.69, 9.17) is 4.74 Å². The molecule has 1 saturated heterocycles. The lowest BCUT2D eigenvalue weighted by Gasteiger charge is -2.14. The topological polar surface area (TPSA) is 156 Å². The molecule has 11 nitrogen and oxygen atoms in total. The Balaban J connectivity index is 0.000000213. The number of aryl methyl sites for hydroxylation is 4. The molecule has 0 radical (unpaired) electrons. The van der Waals surface area contributed by atoms with Gasteiger partial charge in [-0.1, -0.05) is 54.3 Å². The van der Waals surface area contributed by atoms with Gasteiger partial charge < -0.3 is 4.74 Å². The van der Waals surface area contributed by atoms with Crippen molar-refractivity contribution in [3.63, 3.8) is 0 Å². The van der Waals surface area contributed by atoms with Crippen molar-refractivity contribution < 1.29 is 14.3 Å². The Morgan fingerprint density at radius 2 is 1.13 bits per heavy atom. The summed E-state index contributed by atoms with van der Waals surface area (Å²) in [5, 5.41) is 0. The quantitative estimate of drug-likeness (QED) is 0.153. The van der Waals surface area contributed by atoms with Crippen LogP contribution in [0.15, 0.2) is 68.2 Å². The van der Waals surface area contributed by atoms with Crippen molar-refractivity contribution in [1.82, 2.24) is 19.1 Å². The Hall–Kier alpha value is -5.16. The highest BCUT2D eigenvalue weighted by molar-refractivity contribution is 6.09. The largest absolute Gasteiger partial charge is 0.371 e. The minimum atomic E-state index is -0.597. The third-order valence-electron chi connectivity index (χ3n) is 7.80. The summed E-state index contributed by atoms with van der Waals surface area (Å²) in [6.07, 6.45) is 2.17. The van der Waals surface area contributed by atoms with Crippen LogP contribution in [0.3, 0.4) is 0 Å². The molecular weight excluding hydrogens is 600 g/mol. The first kappa shape index (κ1) is 34.7. The maximum Gasteiger partial charge on any atom is 0.329 e. The van der Waals surface area contributed by atoms with Crippen molar-refractivity contribution in [3.8, 4) is 0 Å². The number of rotatable bonds is 10. The van der Waals surface area contributed by atoms with Gasteiger partial charge >= 0.3 is 11.4 Å². The number of ketones is 2. The molecule has 0 aliphatic carbocycles. The van der Waals surface area contributed by atoms with E-state index < -0.39 is 22.5 Å². The average molecular weight is 641 g/mol. The Bertz CT molecular complexity index is 2070. The highest BCUT2D eigenvalue weighted by Gasteiger charge is 2.29. The van der Waals surface area contributed by atoms with Crippen LogP contribution in [-0.4, -0.2) is 43.4 Å². The number of nitrogens with one attached hydrogen (secondary N) is 2. The normalized spacial score (nSPS) is 13.4. The molecule has 246 valence electrons. The van der Waals surface area contributed by atoms with E-state index >= 15 is 0 Å². The summed E-state index contributed by atoms with van der Waals surface area (Å²) in [4.78, 5) is 79.2. The number of nitrogens with zero attached hydrogens (tertiary/aromatic N) is 2. The number of carbonyl (C=O) groups is 2. The zero-order valence-corrected chi connectivity index (χ0v) is 27.6. The van der Waals surface area contributed by atoms with E-state index in [-0.39, 0.29) is 42.1 Å². The van der Waals surface area contributed by atoms with Gasteiger partial charge in [-0.05, 0) is 64.8 Å². The number of benzene rings is 2. The van der Waals surface area contributed by atoms with Crippen LogP contribution in [0, 0.1) is 27.7 Å². The third-order valence-corrected chi connectivity index (χ3v) is 7.80. The fraction of sp³-hybridized carbons (Fsp3) is 0.333. The van der Waals surface area contributed by atoms with E-state index in [9.17, 15) is 28.8 Å². The van der Waals surface area contributed by atoms with Crippen LogP contribution in [0.4, 0.5) is 0 Å². The van der Waals surface area contributed by atoms with Gasteiger partial charge in [-0.3, -0.25) is 38.3 Å². The van der Waals surface area contributed by atoms with Gasteiger partial charge in [0.15, 0.2) is 0 Å². The number of epoxide rings is 1. The van der Waals surface area contributed by atoms with Gasteiger partial charge in [0.2, 0.25) is 11.6 Å². The maximum atomic E-state index is 13.1. The van der Waals surface area contributed by atoms with E-state index in [1.54, 1.807) is 38.1 Å². The van der Waals surface area contributed by atoms with Gasteiger partial charge in [-0.2, -0.15) is 0 Å². The molecule has 1 aliphatic rings. The maximum absolute atomic E-state index is 13.1. The molecule has 0 spiro atoms. The van der Waals surface area contributed by atoms with Crippen LogP contribution in [0.25, 0.3) is 0 Å². The van der Waals surface area contributed by atoms with E-state index in [1.807, 2.05) is 39.8 Å². The highest BCUT2D eigenvalue weighted by atomic mass is 16.6. The second kappa shape index (κ2) is 14.5. The molecule has 1 fully saturated rings. The molecule has 0 bridgehead atoms. The molecule has 1 aliphatic heterocycles. The van der Waals surface area contributed by atoms with Crippen molar-refractivity contribution in [1.29, 1.82) is 0 Å². The molecule has 2 aromatic carbocycles. The minimum absolute atomic E-state index is 0.0795. The molecule has 4 aromatic rings. The Morgan fingerprint density at radius 1 is 0.745 bits per heavy atom. The molecular formula is C36H40N4O7. The number of H-pyrrole nitrogens is 2. The van der Waals surface area contributed by atoms with Crippen molar-refractivity contribution in [3.05, 3.63) is 147 Å². The molecule has 5 rings (SSSR count). The van der Waals surface area contributed by atoms with Crippen molar-refractivity contribution in [2.24, 2.45) is 0 Å². The molecule has 1 unspecified atom stereocenters. The summed E-state index contributed by atoms with van der Waals surface area (Å²) in [5.41, 5.74) is 3.57. The van der Waals surface area contributed by atoms with Crippen LogP contribution in [0.5, 0.6) is 0 Å². The fourth-order valence-electron chi connectivity index (χ4n) is 5.74. The second-order valence-corrected chi connectivity index (χ2v) is 11.8. The summed E-state index contributed by atoms with van der Waals surface area (Å²) in [6.45, 7) is 15.8. The number of allylic oxidation sites excluding steroid dienone is 1. The fourth-order valence-corrected chi connectivity index (χ4v) is 5.74. The van der Waals surface area contributed by atoms with E-state index in [0.717, 1.165) is 22.3 Å². The summed E-state index contributed by atoms with van der Waals surface area (Å²) >= 11 is 0. The van der Waals surface area contributed by atoms with Crippen molar-refractivity contribution in [2.75, 3.05) is 6.61 Å². The highest BCUT2D eigenvalue weighted by Crippen LogP contribution is 2.19. The number of aromatic amines is 2. The second-order valence-electron chi connectivity index (χ2n) is 11.8. The van der Waals surface area contributed by atoms with Crippen molar-refractivity contribution in [2.45, 2.75) is 73.6 Å². The summed E-state index contributed by atoms with van der Waals surface area (Å²) in [7, 11) is 0. The predicted molar refractivity (Wildman–Crippen MR) is 180 cm³/mol. The molecule has 47 heavy (non-hydrogen) atoms. The molecule has 0 amide bonds. The summed E-state index contributed by atoms with van der Waals surface area (Å²) in [5.74, 6) is -0.624. The molecule has 11 heteroatoms. The number of hydrogen-bond donors (Lipinski definition) is 2. The van der Waals surface area contributed by atoms with Gasteiger partial charge in [0.05, 0.1) is 19.3 Å². The lowest BCUT2D eigenvalue weighted by atomic mass is 9.99. The van der Waals surface area contributed by atoms with Gasteiger partial charge in [0, 0.05) is 28.8 Å². The molecule has 3 heterocycles. The van der Waals surface area contributed by atoms with Crippen LogP contribution in [0.1, 0.15) is 79.3 Å². The molecule has 0 saturated carbocycles. The SMILES string of the molecule is C=CCn1c(C(=O)c2cc(C)cc(C)c2)c(CC)c(=O)[nH]c1=O.CCc1c(C(=O)c2cc(C)cc(C)c2)n(CC2CO2)c(=O)[nH]c1=O. The zero-order chi connectivity index (χ0) is 34.6. The van der Waals surface area contributed by atoms with Crippen molar-refractivity contribution >= 4 is 11.6 Å². The Kier molecular flexibility index (Phi) is 10.7. The average Bonchev–Trinajstić information content (AvgIpc) is 3.82. The summed E-state index contributed by atoms with van der Waals surface area (Å²) in [6, 6.07) is 11.0. The van der Waals surface area contributed by atoms with E-state index in [2.05, 4.69) is 16.5 Å². The number of aromatic nitrogens is 4. The molecule has 2 N–H and O–H groups in total. The van der Waals surface area contributed by atoms with Gasteiger partial charge in [0.1, 0.15) is 11.4 Å². The van der Waals surface area contributed by atoms with Crippen LogP contribution >= 0.6 is 0 Å². The first-order valence-electron chi connectivity index (χ1n) is 15.5. The summed E-state index contributed by atoms with van der Waals surface area (Å²) < 4.78 is 7.80. The van der Waals surface area contributed by atoms with Gasteiger partial charge in [0.25, 0.3) is 11.1 Å².